The molecule has 0 amide bonds. The number of aromatic amines is 1. The number of hydrogen-bond donors (Lipinski definition) is 1. The van der Waals surface area contributed by atoms with E-state index in [0.717, 1.165) is 44.9 Å². The molecule has 0 aliphatic heterocycles. The Bertz CT molecular complexity index is 1500. The van der Waals surface area contributed by atoms with Crippen molar-refractivity contribution in [2.75, 3.05) is 32.3 Å². The average Bonchev–Trinajstić information content (AvgIpc) is 3.47. The molecule has 0 saturated carbocycles. The monoisotopic (exact) mass is 538 g/mol. The summed E-state index contributed by atoms with van der Waals surface area (Å²) in [4.78, 5) is 7.04. The normalized spacial score (nSPS) is 11.1. The van der Waals surface area contributed by atoms with Crippen LogP contribution < -0.4 is 14.4 Å². The van der Waals surface area contributed by atoms with Gasteiger partial charge in [-0.25, -0.2) is 4.98 Å². The molecular formula is C32H34N4O4. The molecule has 5 aromatic rings. The van der Waals surface area contributed by atoms with Crippen molar-refractivity contribution in [3.05, 3.63) is 114 Å². The minimum Gasteiger partial charge on any atom is -0.497 e. The Labute approximate surface area is 234 Å². The van der Waals surface area contributed by atoms with Crippen LogP contribution in [0.3, 0.4) is 0 Å². The summed E-state index contributed by atoms with van der Waals surface area (Å²) in [5.41, 5.74) is 5.42. The lowest BCUT2D eigenvalue weighted by Crippen LogP contribution is -2.23. The van der Waals surface area contributed by atoms with Crippen LogP contribution in [0.1, 0.15) is 22.3 Å². The van der Waals surface area contributed by atoms with E-state index >= 15 is 0 Å². The number of aromatic nitrogens is 3. The topological polar surface area (TPSA) is 81.7 Å². The third-order valence-corrected chi connectivity index (χ3v) is 6.56. The summed E-state index contributed by atoms with van der Waals surface area (Å²) >= 11 is 0. The largest absolute Gasteiger partial charge is 0.497 e. The second kappa shape index (κ2) is 13.6. The highest BCUT2D eigenvalue weighted by Crippen LogP contribution is 2.22. The number of rotatable bonds is 14. The number of hydrogen-bond acceptors (Lipinski definition) is 7. The van der Waals surface area contributed by atoms with Crippen molar-refractivity contribution in [3.63, 3.8) is 0 Å². The molecule has 0 spiro atoms. The zero-order valence-electron chi connectivity index (χ0n) is 22.9. The van der Waals surface area contributed by atoms with Crippen molar-refractivity contribution in [2.24, 2.45) is 0 Å². The number of ether oxygens (including phenoxy) is 4. The van der Waals surface area contributed by atoms with E-state index in [1.807, 2.05) is 54.9 Å². The molecule has 8 nitrogen and oxygen atoms in total. The number of nitrogens with one attached hydrogen (secondary N) is 1. The molecule has 8 heteroatoms. The predicted molar refractivity (Wildman–Crippen MR) is 156 cm³/mol. The molecule has 40 heavy (non-hydrogen) atoms. The van der Waals surface area contributed by atoms with Crippen LogP contribution in [0.25, 0.3) is 10.9 Å². The maximum absolute atomic E-state index is 5.83. The first-order valence-electron chi connectivity index (χ1n) is 13.2. The van der Waals surface area contributed by atoms with Crippen LogP contribution in [-0.2, 0) is 35.8 Å². The molecule has 0 atom stereocenters. The van der Waals surface area contributed by atoms with Crippen molar-refractivity contribution in [1.29, 1.82) is 0 Å². The Morgan fingerprint density at radius 2 is 1.32 bits per heavy atom. The minimum atomic E-state index is 0.474. The summed E-state index contributed by atoms with van der Waals surface area (Å²) in [6.07, 6.45) is 3.71. The number of fused-ring (bicyclic) bond motifs is 1. The summed E-state index contributed by atoms with van der Waals surface area (Å²) in [6.45, 7) is 3.39. The van der Waals surface area contributed by atoms with E-state index in [0.29, 0.717) is 39.5 Å². The number of methoxy groups -OCH3 is 2. The van der Waals surface area contributed by atoms with Gasteiger partial charge in [-0.2, -0.15) is 5.10 Å². The van der Waals surface area contributed by atoms with Crippen LogP contribution in [0.4, 0.5) is 5.82 Å². The van der Waals surface area contributed by atoms with Crippen LogP contribution >= 0.6 is 0 Å². The van der Waals surface area contributed by atoms with Gasteiger partial charge in [0.25, 0.3) is 0 Å². The zero-order valence-corrected chi connectivity index (χ0v) is 22.9. The van der Waals surface area contributed by atoms with Gasteiger partial charge in [0.1, 0.15) is 17.3 Å². The Morgan fingerprint density at radius 1 is 0.675 bits per heavy atom. The number of anilines is 1. The van der Waals surface area contributed by atoms with Crippen LogP contribution in [-0.4, -0.2) is 42.6 Å². The van der Waals surface area contributed by atoms with E-state index in [9.17, 15) is 0 Å². The molecule has 0 fully saturated rings. The van der Waals surface area contributed by atoms with E-state index < -0.39 is 0 Å². The average molecular weight is 539 g/mol. The number of pyridine rings is 1. The smallest absolute Gasteiger partial charge is 0.129 e. The van der Waals surface area contributed by atoms with Gasteiger partial charge < -0.3 is 23.8 Å². The van der Waals surface area contributed by atoms with Gasteiger partial charge in [0.15, 0.2) is 0 Å². The van der Waals surface area contributed by atoms with Crippen LogP contribution in [0.5, 0.6) is 11.5 Å². The Morgan fingerprint density at radius 3 is 2.02 bits per heavy atom. The summed E-state index contributed by atoms with van der Waals surface area (Å²) in [7, 11) is 3.35. The van der Waals surface area contributed by atoms with Gasteiger partial charge in [0.2, 0.25) is 0 Å². The quantitative estimate of drug-likeness (QED) is 0.176. The lowest BCUT2D eigenvalue weighted by molar-refractivity contribution is 0.0337. The third-order valence-electron chi connectivity index (χ3n) is 6.56. The SMILES string of the molecule is COc1cccc(COCCOCc2ccc(N(Cc3cccc(OC)c3)Cc3ccc4cn[nH]c4c3)nc2)c1. The van der Waals surface area contributed by atoms with Crippen molar-refractivity contribution in [1.82, 2.24) is 15.2 Å². The second-order valence-corrected chi connectivity index (χ2v) is 9.48. The Kier molecular flexibility index (Phi) is 9.24. The van der Waals surface area contributed by atoms with Gasteiger partial charge in [-0.05, 0) is 58.7 Å². The molecule has 0 unspecified atom stereocenters. The lowest BCUT2D eigenvalue weighted by atomic mass is 10.1. The molecule has 3 aromatic carbocycles. The summed E-state index contributed by atoms with van der Waals surface area (Å²) in [6, 6.07) is 26.5. The summed E-state index contributed by atoms with van der Waals surface area (Å²) in [5, 5.41) is 8.30. The first-order valence-corrected chi connectivity index (χ1v) is 13.2. The van der Waals surface area contributed by atoms with Gasteiger partial charge >= 0.3 is 0 Å². The molecule has 0 aliphatic rings. The number of nitrogens with zero attached hydrogens (tertiary/aromatic N) is 3. The zero-order chi connectivity index (χ0) is 27.6. The number of H-pyrrole nitrogens is 1. The van der Waals surface area contributed by atoms with Crippen LogP contribution in [0, 0.1) is 0 Å². The summed E-state index contributed by atoms with van der Waals surface area (Å²) in [5.74, 6) is 2.55. The molecule has 0 aliphatic carbocycles. The highest BCUT2D eigenvalue weighted by molar-refractivity contribution is 5.78. The first-order chi connectivity index (χ1) is 19.7. The first kappa shape index (κ1) is 27.2. The van der Waals surface area contributed by atoms with Gasteiger partial charge in [-0.1, -0.05) is 42.5 Å². The molecule has 2 heterocycles. The molecule has 206 valence electrons. The van der Waals surface area contributed by atoms with Crippen molar-refractivity contribution < 1.29 is 18.9 Å². The molecule has 1 N–H and O–H groups in total. The van der Waals surface area contributed by atoms with E-state index in [1.165, 1.54) is 5.56 Å². The minimum absolute atomic E-state index is 0.474. The molecule has 0 saturated heterocycles. The molecule has 2 aromatic heterocycles. The van der Waals surface area contributed by atoms with Crippen LogP contribution in [0.2, 0.25) is 0 Å². The fourth-order valence-corrected chi connectivity index (χ4v) is 4.46. The predicted octanol–water partition coefficient (Wildman–Crippen LogP) is 5.92. The molecular weight excluding hydrogens is 504 g/mol. The van der Waals surface area contributed by atoms with Gasteiger partial charge in [-0.3, -0.25) is 5.10 Å². The molecule has 5 rings (SSSR count). The van der Waals surface area contributed by atoms with E-state index in [-0.39, 0.29) is 0 Å². The second-order valence-electron chi connectivity index (χ2n) is 9.48. The van der Waals surface area contributed by atoms with E-state index in [2.05, 4.69) is 51.5 Å². The van der Waals surface area contributed by atoms with Crippen molar-refractivity contribution in [2.45, 2.75) is 26.3 Å². The third kappa shape index (κ3) is 7.37. The van der Waals surface area contributed by atoms with Gasteiger partial charge in [0, 0.05) is 24.7 Å². The fourth-order valence-electron chi connectivity index (χ4n) is 4.46. The maximum Gasteiger partial charge on any atom is 0.129 e. The summed E-state index contributed by atoms with van der Waals surface area (Å²) < 4.78 is 22.3. The standard InChI is InChI=1S/C32H34N4O4/c1-37-29-7-3-5-24(15-29)20-36(21-25-9-11-28-19-34-35-31(28)17-25)32-12-10-27(18-33-32)23-40-14-13-39-22-26-6-4-8-30(16-26)38-2/h3-12,15-19H,13-14,20-23H2,1-2H3,(H,34,35). The highest BCUT2D eigenvalue weighted by Gasteiger charge is 2.12. The number of benzene rings is 3. The molecule has 0 radical (unpaired) electrons. The maximum atomic E-state index is 5.83. The fraction of sp³-hybridized carbons (Fsp3) is 0.250. The highest BCUT2D eigenvalue weighted by atomic mass is 16.5. The van der Waals surface area contributed by atoms with Gasteiger partial charge in [-0.15, -0.1) is 0 Å². The Hall–Kier alpha value is -4.40. The Balaban J connectivity index is 1.18. The van der Waals surface area contributed by atoms with Crippen molar-refractivity contribution in [3.8, 4) is 11.5 Å². The van der Waals surface area contributed by atoms with Gasteiger partial charge in [0.05, 0.1) is 52.4 Å². The van der Waals surface area contributed by atoms with Crippen LogP contribution in [0.15, 0.2) is 91.3 Å². The molecule has 0 bridgehead atoms. The lowest BCUT2D eigenvalue weighted by Gasteiger charge is -2.24. The van der Waals surface area contributed by atoms with E-state index in [1.54, 1.807) is 14.2 Å². The van der Waals surface area contributed by atoms with E-state index in [4.69, 9.17) is 23.9 Å². The van der Waals surface area contributed by atoms with Crippen molar-refractivity contribution >= 4 is 16.7 Å².